The molecule has 0 aliphatic carbocycles. The van der Waals surface area contributed by atoms with Gasteiger partial charge in [0.1, 0.15) is 5.75 Å². The van der Waals surface area contributed by atoms with Crippen molar-refractivity contribution in [2.45, 2.75) is 6.92 Å². The lowest BCUT2D eigenvalue weighted by atomic mass is 10.1. The molecular weight excluding hydrogens is 450 g/mol. The topological polar surface area (TPSA) is 115 Å². The average molecular weight is 476 g/mol. The summed E-state index contributed by atoms with van der Waals surface area (Å²) in [5.41, 5.74) is 4.62. The molecule has 0 aliphatic heterocycles. The Morgan fingerprint density at radius 1 is 0.914 bits per heavy atom. The third kappa shape index (κ3) is 6.91. The monoisotopic (exact) mass is 475 g/mol. The van der Waals surface area contributed by atoms with Gasteiger partial charge in [0.25, 0.3) is 11.8 Å². The van der Waals surface area contributed by atoms with E-state index in [1.54, 1.807) is 61.7 Å². The van der Waals surface area contributed by atoms with Gasteiger partial charge in [-0.1, -0.05) is 18.2 Å². The highest BCUT2D eigenvalue weighted by Gasteiger charge is 2.13. The van der Waals surface area contributed by atoms with E-state index in [-0.39, 0.29) is 18.2 Å². The summed E-state index contributed by atoms with van der Waals surface area (Å²) in [6.07, 6.45) is 1.40. The molecule has 0 radical (unpaired) electrons. The Hall–Kier alpha value is -4.66. The number of nitrogens with zero attached hydrogens (tertiary/aromatic N) is 1. The van der Waals surface area contributed by atoms with Gasteiger partial charge in [0.05, 0.1) is 32.5 Å². The summed E-state index contributed by atoms with van der Waals surface area (Å²) in [4.78, 5) is 36.6. The van der Waals surface area contributed by atoms with Gasteiger partial charge in [0, 0.05) is 5.56 Å². The van der Waals surface area contributed by atoms with Gasteiger partial charge in [-0.15, -0.1) is 0 Å². The predicted octanol–water partition coefficient (Wildman–Crippen LogP) is 3.11. The second-order valence-electron chi connectivity index (χ2n) is 7.32. The van der Waals surface area contributed by atoms with Crippen LogP contribution in [0.2, 0.25) is 0 Å². The zero-order valence-electron chi connectivity index (χ0n) is 19.5. The number of hydrogen-bond acceptors (Lipinski definition) is 7. The molecule has 0 fully saturated rings. The highest BCUT2D eigenvalue weighted by Crippen LogP contribution is 2.28. The summed E-state index contributed by atoms with van der Waals surface area (Å²) in [7, 11) is 2.99. The first-order valence-electron chi connectivity index (χ1n) is 10.6. The van der Waals surface area contributed by atoms with Crippen LogP contribution < -0.4 is 25.0 Å². The molecule has 2 N–H and O–H groups in total. The Labute approximate surface area is 202 Å². The van der Waals surface area contributed by atoms with Crippen LogP contribution in [0.3, 0.4) is 0 Å². The smallest absolute Gasteiger partial charge is 0.343 e. The molecule has 0 unspecified atom stereocenters. The van der Waals surface area contributed by atoms with E-state index in [1.165, 1.54) is 13.3 Å². The summed E-state index contributed by atoms with van der Waals surface area (Å²) in [6, 6.07) is 18.4. The molecule has 0 atom stereocenters. The van der Waals surface area contributed by atoms with E-state index >= 15 is 0 Å². The molecule has 0 aliphatic rings. The lowest BCUT2D eigenvalue weighted by molar-refractivity contribution is -0.120. The fraction of sp³-hybridized carbons (Fsp3) is 0.154. The first-order valence-corrected chi connectivity index (χ1v) is 10.6. The van der Waals surface area contributed by atoms with E-state index in [0.29, 0.717) is 28.2 Å². The molecule has 3 aromatic carbocycles. The third-order valence-electron chi connectivity index (χ3n) is 4.92. The standard InChI is InChI=1S/C26H25N3O6/c1-17-6-4-5-7-21(17)25(31)27-16-24(30)29-28-15-18-8-13-22(23(14-18)34-3)35-26(32)19-9-11-20(33-2)12-10-19/h4-15H,16H2,1-3H3,(H,27,31)(H,29,30). The van der Waals surface area contributed by atoms with Gasteiger partial charge in [-0.05, 0) is 66.6 Å². The summed E-state index contributed by atoms with van der Waals surface area (Å²) < 4.78 is 15.8. The number of hydrogen-bond donors (Lipinski definition) is 2. The average Bonchev–Trinajstić information content (AvgIpc) is 2.88. The highest BCUT2D eigenvalue weighted by molar-refractivity contribution is 5.97. The van der Waals surface area contributed by atoms with E-state index in [4.69, 9.17) is 14.2 Å². The molecule has 9 nitrogen and oxygen atoms in total. The Morgan fingerprint density at radius 3 is 2.34 bits per heavy atom. The minimum atomic E-state index is -0.549. The summed E-state index contributed by atoms with van der Waals surface area (Å²) >= 11 is 0. The fourth-order valence-electron chi connectivity index (χ4n) is 3.04. The first kappa shape index (κ1) is 25.0. The zero-order chi connectivity index (χ0) is 25.2. The largest absolute Gasteiger partial charge is 0.497 e. The van der Waals surface area contributed by atoms with E-state index < -0.39 is 11.9 Å². The molecule has 0 spiro atoms. The summed E-state index contributed by atoms with van der Waals surface area (Å²) in [6.45, 7) is 1.59. The van der Waals surface area contributed by atoms with E-state index in [0.717, 1.165) is 5.56 Å². The quantitative estimate of drug-likeness (QED) is 0.213. The van der Waals surface area contributed by atoms with Crippen LogP contribution in [0.1, 0.15) is 31.8 Å². The van der Waals surface area contributed by atoms with Crippen LogP contribution in [0.4, 0.5) is 0 Å². The van der Waals surface area contributed by atoms with Crippen LogP contribution in [0, 0.1) is 6.92 Å². The second-order valence-corrected chi connectivity index (χ2v) is 7.32. The maximum absolute atomic E-state index is 12.4. The second kappa shape index (κ2) is 12.0. The molecule has 2 amide bonds. The fourth-order valence-corrected chi connectivity index (χ4v) is 3.04. The number of nitrogens with one attached hydrogen (secondary N) is 2. The Kier molecular flexibility index (Phi) is 8.55. The molecule has 0 bridgehead atoms. The van der Waals surface area contributed by atoms with E-state index in [9.17, 15) is 14.4 Å². The molecule has 0 heterocycles. The van der Waals surface area contributed by atoms with Crippen LogP contribution in [-0.2, 0) is 4.79 Å². The highest BCUT2D eigenvalue weighted by atomic mass is 16.6. The Morgan fingerprint density at radius 2 is 1.66 bits per heavy atom. The van der Waals surface area contributed by atoms with Crippen molar-refractivity contribution >= 4 is 24.0 Å². The van der Waals surface area contributed by atoms with Crippen LogP contribution in [0.5, 0.6) is 17.2 Å². The molecule has 3 rings (SSSR count). The van der Waals surface area contributed by atoms with Gasteiger partial charge in [-0.25, -0.2) is 10.2 Å². The molecule has 9 heteroatoms. The molecule has 0 saturated carbocycles. The van der Waals surface area contributed by atoms with Gasteiger partial charge < -0.3 is 19.5 Å². The number of carbonyl (C=O) groups excluding carboxylic acids is 3. The number of hydrazone groups is 1. The normalized spacial score (nSPS) is 10.5. The lowest BCUT2D eigenvalue weighted by Gasteiger charge is -2.10. The van der Waals surface area contributed by atoms with Crippen molar-refractivity contribution in [1.29, 1.82) is 0 Å². The van der Waals surface area contributed by atoms with Crippen molar-refractivity contribution in [1.82, 2.24) is 10.7 Å². The Bertz CT molecular complexity index is 1240. The lowest BCUT2D eigenvalue weighted by Crippen LogP contribution is -2.35. The molecule has 180 valence electrons. The molecule has 35 heavy (non-hydrogen) atoms. The molecule has 0 saturated heterocycles. The van der Waals surface area contributed by atoms with Crippen molar-refractivity contribution in [3.05, 3.63) is 89.0 Å². The number of benzene rings is 3. The Balaban J connectivity index is 1.54. The summed E-state index contributed by atoms with van der Waals surface area (Å²) in [5.74, 6) is -0.205. The van der Waals surface area contributed by atoms with Gasteiger partial charge in [-0.3, -0.25) is 9.59 Å². The van der Waals surface area contributed by atoms with Crippen LogP contribution >= 0.6 is 0 Å². The number of ether oxygens (including phenoxy) is 3. The van der Waals surface area contributed by atoms with Gasteiger partial charge >= 0.3 is 5.97 Å². The minimum absolute atomic E-state index is 0.228. The van der Waals surface area contributed by atoms with Crippen molar-refractivity contribution < 1.29 is 28.6 Å². The van der Waals surface area contributed by atoms with Crippen LogP contribution in [0.25, 0.3) is 0 Å². The van der Waals surface area contributed by atoms with Crippen molar-refractivity contribution in [2.24, 2.45) is 5.10 Å². The minimum Gasteiger partial charge on any atom is -0.497 e. The number of carbonyl (C=O) groups is 3. The number of esters is 1. The van der Waals surface area contributed by atoms with Crippen molar-refractivity contribution in [3.8, 4) is 17.2 Å². The van der Waals surface area contributed by atoms with E-state index in [1.807, 2.05) is 19.1 Å². The van der Waals surface area contributed by atoms with Gasteiger partial charge in [0.15, 0.2) is 11.5 Å². The van der Waals surface area contributed by atoms with E-state index in [2.05, 4.69) is 15.8 Å². The number of methoxy groups -OCH3 is 2. The van der Waals surface area contributed by atoms with Crippen LogP contribution in [-0.4, -0.2) is 44.8 Å². The number of amides is 2. The first-order chi connectivity index (χ1) is 16.9. The van der Waals surface area contributed by atoms with Crippen LogP contribution in [0.15, 0.2) is 71.8 Å². The van der Waals surface area contributed by atoms with Gasteiger partial charge in [-0.2, -0.15) is 5.10 Å². The summed E-state index contributed by atoms with van der Waals surface area (Å²) in [5, 5.41) is 6.44. The molecular formula is C26H25N3O6. The molecule has 0 aromatic heterocycles. The zero-order valence-corrected chi connectivity index (χ0v) is 19.5. The predicted molar refractivity (Wildman–Crippen MR) is 130 cm³/mol. The van der Waals surface area contributed by atoms with Crippen molar-refractivity contribution in [2.75, 3.05) is 20.8 Å². The maximum Gasteiger partial charge on any atom is 0.343 e. The number of aryl methyl sites for hydroxylation is 1. The molecule has 3 aromatic rings. The maximum atomic E-state index is 12.4. The van der Waals surface area contributed by atoms with Gasteiger partial charge in [0.2, 0.25) is 0 Å². The SMILES string of the molecule is COc1ccc(C(=O)Oc2ccc(C=NNC(=O)CNC(=O)c3ccccc3C)cc2OC)cc1. The third-order valence-corrected chi connectivity index (χ3v) is 4.92. The number of rotatable bonds is 9. The van der Waals surface area contributed by atoms with Crippen molar-refractivity contribution in [3.63, 3.8) is 0 Å².